The van der Waals surface area contributed by atoms with Gasteiger partial charge in [0.05, 0.1) is 0 Å². The van der Waals surface area contributed by atoms with Gasteiger partial charge < -0.3 is 5.32 Å². The molecule has 1 atom stereocenters. The fourth-order valence-corrected chi connectivity index (χ4v) is 3.88. The Labute approximate surface area is 114 Å². The highest BCUT2D eigenvalue weighted by Gasteiger charge is 2.41. The number of rotatable bonds is 6. The molecule has 0 bridgehead atoms. The van der Waals surface area contributed by atoms with Crippen molar-refractivity contribution in [3.8, 4) is 0 Å². The second-order valence-corrected chi connectivity index (χ2v) is 7.04. The van der Waals surface area contributed by atoms with Crippen LogP contribution in [0.3, 0.4) is 0 Å². The highest BCUT2D eigenvalue weighted by molar-refractivity contribution is 4.95. The molecule has 18 heavy (non-hydrogen) atoms. The lowest BCUT2D eigenvalue weighted by Crippen LogP contribution is -2.42. The van der Waals surface area contributed by atoms with Crippen LogP contribution in [0.15, 0.2) is 0 Å². The van der Waals surface area contributed by atoms with Gasteiger partial charge in [-0.25, -0.2) is 0 Å². The second kappa shape index (κ2) is 6.38. The molecule has 2 rings (SSSR count). The zero-order valence-corrected chi connectivity index (χ0v) is 12.7. The van der Waals surface area contributed by atoms with E-state index in [0.717, 1.165) is 23.9 Å². The molecule has 0 aromatic rings. The van der Waals surface area contributed by atoms with Gasteiger partial charge in [-0.05, 0) is 50.1 Å². The number of hydrogen-bond acceptors (Lipinski definition) is 2. The van der Waals surface area contributed by atoms with E-state index in [-0.39, 0.29) is 0 Å². The molecular formula is C16H32N2. The smallest absolute Gasteiger partial charge is 0.0218 e. The van der Waals surface area contributed by atoms with E-state index in [4.69, 9.17) is 0 Å². The molecule has 1 aliphatic carbocycles. The normalized spacial score (nSPS) is 25.3. The third kappa shape index (κ3) is 3.48. The van der Waals surface area contributed by atoms with Crippen molar-refractivity contribution in [3.63, 3.8) is 0 Å². The van der Waals surface area contributed by atoms with E-state index in [0.29, 0.717) is 0 Å². The van der Waals surface area contributed by atoms with Crippen molar-refractivity contribution >= 4 is 0 Å². The molecule has 0 radical (unpaired) electrons. The number of likely N-dealkylation sites (tertiary alicyclic amines) is 1. The fraction of sp³-hybridized carbons (Fsp3) is 1.00. The summed E-state index contributed by atoms with van der Waals surface area (Å²) in [6, 6.07) is 0.767. The fourth-order valence-electron chi connectivity index (χ4n) is 3.88. The van der Waals surface area contributed by atoms with E-state index in [1.54, 1.807) is 0 Å². The molecule has 0 aromatic heterocycles. The summed E-state index contributed by atoms with van der Waals surface area (Å²) >= 11 is 0. The predicted molar refractivity (Wildman–Crippen MR) is 78.9 cm³/mol. The minimum atomic E-state index is 0.728. The molecule has 1 saturated carbocycles. The summed E-state index contributed by atoms with van der Waals surface area (Å²) in [4.78, 5) is 2.78. The molecule has 2 aliphatic rings. The Kier molecular flexibility index (Phi) is 5.08. The van der Waals surface area contributed by atoms with Crippen molar-refractivity contribution in [2.75, 3.05) is 26.2 Å². The van der Waals surface area contributed by atoms with Gasteiger partial charge >= 0.3 is 0 Å². The summed E-state index contributed by atoms with van der Waals surface area (Å²) < 4.78 is 0. The summed E-state index contributed by atoms with van der Waals surface area (Å²) in [5, 5.41) is 3.65. The molecule has 2 fully saturated rings. The van der Waals surface area contributed by atoms with Crippen LogP contribution in [-0.2, 0) is 0 Å². The third-order valence-electron chi connectivity index (χ3n) is 5.05. The Bertz CT molecular complexity index is 243. The summed E-state index contributed by atoms with van der Waals surface area (Å²) in [6.45, 7) is 12.0. The second-order valence-electron chi connectivity index (χ2n) is 7.04. The van der Waals surface area contributed by atoms with Crippen LogP contribution in [0.1, 0.15) is 59.3 Å². The first kappa shape index (κ1) is 14.3. The van der Waals surface area contributed by atoms with Gasteiger partial charge in [-0.2, -0.15) is 0 Å². The summed E-state index contributed by atoms with van der Waals surface area (Å²) in [7, 11) is 0. The maximum atomic E-state index is 3.65. The molecule has 2 nitrogen and oxygen atoms in total. The maximum absolute atomic E-state index is 3.65. The van der Waals surface area contributed by atoms with Crippen LogP contribution in [0.25, 0.3) is 0 Å². The number of hydrogen-bond donors (Lipinski definition) is 1. The van der Waals surface area contributed by atoms with Crippen molar-refractivity contribution in [1.82, 2.24) is 10.2 Å². The SMILES string of the molecule is CCC(CNCC(C)C)N1CCC2(CCCC2)C1. The molecule has 106 valence electrons. The summed E-state index contributed by atoms with van der Waals surface area (Å²) in [5.41, 5.74) is 0.728. The van der Waals surface area contributed by atoms with Gasteiger partial charge in [0.15, 0.2) is 0 Å². The molecule has 1 heterocycles. The van der Waals surface area contributed by atoms with E-state index in [1.807, 2.05) is 0 Å². The molecule has 1 unspecified atom stereocenters. The number of nitrogens with one attached hydrogen (secondary N) is 1. The van der Waals surface area contributed by atoms with Crippen molar-refractivity contribution in [2.24, 2.45) is 11.3 Å². The quantitative estimate of drug-likeness (QED) is 0.780. The van der Waals surface area contributed by atoms with Crippen LogP contribution in [0.2, 0.25) is 0 Å². The largest absolute Gasteiger partial charge is 0.315 e. The summed E-state index contributed by atoms with van der Waals surface area (Å²) in [6.07, 6.45) is 8.72. The molecule has 0 amide bonds. The van der Waals surface area contributed by atoms with Crippen LogP contribution >= 0.6 is 0 Å². The Hall–Kier alpha value is -0.0800. The average molecular weight is 252 g/mol. The van der Waals surface area contributed by atoms with E-state index in [2.05, 4.69) is 31.0 Å². The predicted octanol–water partition coefficient (Wildman–Crippen LogP) is 3.28. The lowest BCUT2D eigenvalue weighted by molar-refractivity contribution is 0.194. The summed E-state index contributed by atoms with van der Waals surface area (Å²) in [5.74, 6) is 0.766. The van der Waals surface area contributed by atoms with Crippen LogP contribution in [0.4, 0.5) is 0 Å². The molecule has 1 N–H and O–H groups in total. The molecule has 1 saturated heterocycles. The first-order valence-electron chi connectivity index (χ1n) is 8.10. The standard InChI is InChI=1S/C16H32N2/c1-4-15(12-17-11-14(2)3)18-10-9-16(13-18)7-5-6-8-16/h14-15,17H,4-13H2,1-3H3. The van der Waals surface area contributed by atoms with Gasteiger partial charge in [0.1, 0.15) is 0 Å². The minimum absolute atomic E-state index is 0.728. The highest BCUT2D eigenvalue weighted by atomic mass is 15.2. The molecule has 0 aromatic carbocycles. The zero-order chi connectivity index (χ0) is 13.0. The van der Waals surface area contributed by atoms with E-state index < -0.39 is 0 Å². The first-order valence-corrected chi connectivity index (χ1v) is 8.10. The zero-order valence-electron chi connectivity index (χ0n) is 12.7. The van der Waals surface area contributed by atoms with Crippen molar-refractivity contribution < 1.29 is 0 Å². The van der Waals surface area contributed by atoms with Gasteiger partial charge in [-0.1, -0.05) is 33.6 Å². The van der Waals surface area contributed by atoms with Crippen LogP contribution in [-0.4, -0.2) is 37.1 Å². The lowest BCUT2D eigenvalue weighted by Gasteiger charge is -2.30. The Morgan fingerprint density at radius 1 is 1.11 bits per heavy atom. The average Bonchev–Trinajstić information content (AvgIpc) is 2.96. The van der Waals surface area contributed by atoms with Crippen molar-refractivity contribution in [3.05, 3.63) is 0 Å². The highest BCUT2D eigenvalue weighted by Crippen LogP contribution is 2.45. The van der Waals surface area contributed by atoms with E-state index in [1.165, 1.54) is 58.2 Å². The van der Waals surface area contributed by atoms with Gasteiger partial charge in [-0.15, -0.1) is 0 Å². The van der Waals surface area contributed by atoms with Gasteiger partial charge in [0.25, 0.3) is 0 Å². The van der Waals surface area contributed by atoms with E-state index >= 15 is 0 Å². The van der Waals surface area contributed by atoms with Crippen molar-refractivity contribution in [1.29, 1.82) is 0 Å². The third-order valence-corrected chi connectivity index (χ3v) is 5.05. The monoisotopic (exact) mass is 252 g/mol. The van der Waals surface area contributed by atoms with Crippen LogP contribution in [0, 0.1) is 11.3 Å². The van der Waals surface area contributed by atoms with Gasteiger partial charge in [0, 0.05) is 19.1 Å². The minimum Gasteiger partial charge on any atom is -0.315 e. The maximum Gasteiger partial charge on any atom is 0.0218 e. The van der Waals surface area contributed by atoms with Gasteiger partial charge in [-0.3, -0.25) is 4.90 Å². The first-order chi connectivity index (χ1) is 8.65. The molecule has 2 heteroatoms. The Balaban J connectivity index is 1.78. The van der Waals surface area contributed by atoms with Gasteiger partial charge in [0.2, 0.25) is 0 Å². The van der Waals surface area contributed by atoms with Crippen LogP contribution < -0.4 is 5.32 Å². The topological polar surface area (TPSA) is 15.3 Å². The molecule has 1 aliphatic heterocycles. The Morgan fingerprint density at radius 3 is 2.44 bits per heavy atom. The molecule has 1 spiro atoms. The van der Waals surface area contributed by atoms with Crippen LogP contribution in [0.5, 0.6) is 0 Å². The Morgan fingerprint density at radius 2 is 1.83 bits per heavy atom. The number of nitrogens with zero attached hydrogens (tertiary/aromatic N) is 1. The lowest BCUT2D eigenvalue weighted by atomic mass is 9.85. The molecular weight excluding hydrogens is 220 g/mol. The van der Waals surface area contributed by atoms with Crippen molar-refractivity contribution in [2.45, 2.75) is 65.3 Å². The van der Waals surface area contributed by atoms with E-state index in [9.17, 15) is 0 Å².